The second-order valence-corrected chi connectivity index (χ2v) is 6.54. The Balaban J connectivity index is 2.25. The summed E-state index contributed by atoms with van der Waals surface area (Å²) in [5, 5.41) is 4.33. The number of aryl methyl sites for hydroxylation is 3. The quantitative estimate of drug-likeness (QED) is 0.488. The number of hydrogen-bond acceptors (Lipinski definition) is 1. The molecule has 0 aliphatic heterocycles. The number of pyridine rings is 1. The van der Waals surface area contributed by atoms with Gasteiger partial charge in [0.1, 0.15) is 0 Å². The van der Waals surface area contributed by atoms with Crippen molar-refractivity contribution in [3.8, 4) is 0 Å². The molecule has 0 aliphatic rings. The van der Waals surface area contributed by atoms with Gasteiger partial charge < -0.3 is 0 Å². The summed E-state index contributed by atoms with van der Waals surface area (Å²) in [6.45, 7) is 6.41. The van der Waals surface area contributed by atoms with E-state index in [1.165, 1.54) is 34.7 Å². The lowest BCUT2D eigenvalue weighted by Gasteiger charge is -2.09. The molecule has 0 spiro atoms. The van der Waals surface area contributed by atoms with E-state index < -0.39 is 0 Å². The van der Waals surface area contributed by atoms with Gasteiger partial charge in [0, 0.05) is 21.9 Å². The number of rotatable bonds is 3. The van der Waals surface area contributed by atoms with Gasteiger partial charge in [0.15, 0.2) is 0 Å². The molecule has 2 heteroatoms. The summed E-state index contributed by atoms with van der Waals surface area (Å²) < 4.78 is 1.91. The number of unbranched alkanes of at least 4 members (excludes halogenated alkanes) is 1. The summed E-state index contributed by atoms with van der Waals surface area (Å²) in [5.41, 5.74) is 4.85. The zero-order valence-corrected chi connectivity index (χ0v) is 13.9. The van der Waals surface area contributed by atoms with Crippen LogP contribution in [0.1, 0.15) is 36.6 Å². The van der Waals surface area contributed by atoms with Crippen LogP contribution in [0.25, 0.3) is 27.1 Å². The molecular formula is C21H21NO. The summed E-state index contributed by atoms with van der Waals surface area (Å²) in [7, 11) is 0. The topological polar surface area (TPSA) is 21.5 Å². The van der Waals surface area contributed by atoms with E-state index in [-0.39, 0.29) is 5.56 Å². The fraction of sp³-hybridized carbons (Fsp3) is 0.286. The molecule has 116 valence electrons. The van der Waals surface area contributed by atoms with Crippen LogP contribution in [0.4, 0.5) is 0 Å². The predicted molar refractivity (Wildman–Crippen MR) is 98.0 cm³/mol. The van der Waals surface area contributed by atoms with Crippen LogP contribution in [0.3, 0.4) is 0 Å². The van der Waals surface area contributed by atoms with Crippen molar-refractivity contribution in [2.75, 3.05) is 0 Å². The van der Waals surface area contributed by atoms with E-state index in [2.05, 4.69) is 39.0 Å². The molecule has 2 aromatic heterocycles. The Labute approximate surface area is 135 Å². The van der Waals surface area contributed by atoms with Crippen molar-refractivity contribution in [3.63, 3.8) is 0 Å². The lowest BCUT2D eigenvalue weighted by atomic mass is 9.99. The zero-order chi connectivity index (χ0) is 16.1. The minimum Gasteiger partial charge on any atom is -0.280 e. The minimum atomic E-state index is 0.102. The van der Waals surface area contributed by atoms with E-state index in [0.29, 0.717) is 0 Å². The van der Waals surface area contributed by atoms with Gasteiger partial charge in [-0.05, 0) is 61.4 Å². The van der Waals surface area contributed by atoms with Gasteiger partial charge in [-0.15, -0.1) is 0 Å². The minimum absolute atomic E-state index is 0.102. The molecule has 0 N–H and O–H groups in total. The first kappa shape index (κ1) is 14.3. The molecule has 4 rings (SSSR count). The van der Waals surface area contributed by atoms with E-state index in [1.54, 1.807) is 0 Å². The van der Waals surface area contributed by atoms with Crippen LogP contribution in [0.2, 0.25) is 0 Å². The van der Waals surface area contributed by atoms with Crippen LogP contribution in [0, 0.1) is 13.8 Å². The molecule has 2 heterocycles. The second kappa shape index (κ2) is 5.09. The van der Waals surface area contributed by atoms with Gasteiger partial charge in [-0.2, -0.15) is 0 Å². The Morgan fingerprint density at radius 3 is 2.39 bits per heavy atom. The largest absolute Gasteiger partial charge is 0.280 e. The highest BCUT2D eigenvalue weighted by molar-refractivity contribution is 6.12. The first-order valence-electron chi connectivity index (χ1n) is 8.42. The number of benzene rings is 2. The van der Waals surface area contributed by atoms with Crippen LogP contribution < -0.4 is 5.56 Å². The van der Waals surface area contributed by atoms with Crippen LogP contribution in [0.5, 0.6) is 0 Å². The van der Waals surface area contributed by atoms with E-state index in [1.807, 2.05) is 22.6 Å². The van der Waals surface area contributed by atoms with E-state index in [9.17, 15) is 4.79 Å². The van der Waals surface area contributed by atoms with Gasteiger partial charge in [0.25, 0.3) is 5.56 Å². The molecule has 0 atom stereocenters. The standard InChI is InChI=1S/C21H21NO/c1-4-5-8-15-11-18-13(2)14(3)22-20(18)19(12-15)16-9-6-7-10-17(16)21(22)23/h6-7,9-12H,4-5,8H2,1-3H3. The van der Waals surface area contributed by atoms with Gasteiger partial charge in [0.05, 0.1) is 5.52 Å². The van der Waals surface area contributed by atoms with Crippen molar-refractivity contribution in [1.29, 1.82) is 0 Å². The Bertz CT molecular complexity index is 1090. The Morgan fingerprint density at radius 2 is 1.65 bits per heavy atom. The maximum absolute atomic E-state index is 12.9. The monoisotopic (exact) mass is 303 g/mol. The van der Waals surface area contributed by atoms with Crippen LogP contribution in [-0.2, 0) is 6.42 Å². The van der Waals surface area contributed by atoms with Crippen LogP contribution in [-0.4, -0.2) is 4.40 Å². The van der Waals surface area contributed by atoms with Crippen molar-refractivity contribution in [1.82, 2.24) is 4.40 Å². The smallest absolute Gasteiger partial charge is 0.263 e. The fourth-order valence-electron chi connectivity index (χ4n) is 3.76. The average molecular weight is 303 g/mol. The maximum atomic E-state index is 12.9. The van der Waals surface area contributed by atoms with Crippen molar-refractivity contribution in [3.05, 3.63) is 63.6 Å². The van der Waals surface area contributed by atoms with E-state index >= 15 is 0 Å². The summed E-state index contributed by atoms with van der Waals surface area (Å²) in [4.78, 5) is 12.9. The number of hydrogen-bond donors (Lipinski definition) is 0. The number of nitrogens with zero attached hydrogens (tertiary/aromatic N) is 1. The average Bonchev–Trinajstić information content (AvgIpc) is 2.83. The van der Waals surface area contributed by atoms with Crippen molar-refractivity contribution >= 4 is 27.1 Å². The lowest BCUT2D eigenvalue weighted by molar-refractivity contribution is 0.796. The molecule has 0 saturated carbocycles. The highest BCUT2D eigenvalue weighted by Gasteiger charge is 2.17. The lowest BCUT2D eigenvalue weighted by Crippen LogP contribution is -2.14. The predicted octanol–water partition coefficient (Wildman–Crippen LogP) is 5.00. The Morgan fingerprint density at radius 1 is 0.957 bits per heavy atom. The second-order valence-electron chi connectivity index (χ2n) is 6.54. The molecule has 23 heavy (non-hydrogen) atoms. The molecule has 2 nitrogen and oxygen atoms in total. The third kappa shape index (κ3) is 1.91. The molecule has 0 unspecified atom stereocenters. The number of aromatic nitrogens is 1. The molecule has 0 radical (unpaired) electrons. The summed E-state index contributed by atoms with van der Waals surface area (Å²) in [6, 6.07) is 12.6. The molecule has 0 fully saturated rings. The van der Waals surface area contributed by atoms with Crippen molar-refractivity contribution < 1.29 is 0 Å². The molecule has 0 saturated heterocycles. The Kier molecular flexibility index (Phi) is 3.15. The van der Waals surface area contributed by atoms with Gasteiger partial charge in [-0.1, -0.05) is 31.5 Å². The first-order valence-corrected chi connectivity index (χ1v) is 8.42. The van der Waals surface area contributed by atoms with Gasteiger partial charge in [0.2, 0.25) is 0 Å². The third-order valence-corrected chi connectivity index (χ3v) is 5.15. The Hall–Kier alpha value is -2.35. The van der Waals surface area contributed by atoms with Crippen molar-refractivity contribution in [2.24, 2.45) is 0 Å². The molecule has 2 aromatic carbocycles. The van der Waals surface area contributed by atoms with E-state index in [4.69, 9.17) is 0 Å². The van der Waals surface area contributed by atoms with Gasteiger partial charge in [-0.25, -0.2) is 0 Å². The first-order chi connectivity index (χ1) is 11.1. The van der Waals surface area contributed by atoms with Gasteiger partial charge in [-0.3, -0.25) is 9.20 Å². The third-order valence-electron chi connectivity index (χ3n) is 5.15. The summed E-state index contributed by atoms with van der Waals surface area (Å²) >= 11 is 0. The summed E-state index contributed by atoms with van der Waals surface area (Å²) in [5.74, 6) is 0. The van der Waals surface area contributed by atoms with Crippen LogP contribution >= 0.6 is 0 Å². The molecular weight excluding hydrogens is 282 g/mol. The highest BCUT2D eigenvalue weighted by Crippen LogP contribution is 2.33. The SMILES string of the molecule is CCCCc1cc2c(C)c(C)n3c(=O)c4ccccc4c(c1)c23. The normalized spacial score (nSPS) is 12.0. The molecule has 0 aliphatic carbocycles. The van der Waals surface area contributed by atoms with E-state index in [0.717, 1.165) is 28.4 Å². The van der Waals surface area contributed by atoms with Gasteiger partial charge >= 0.3 is 0 Å². The van der Waals surface area contributed by atoms with Crippen LogP contribution in [0.15, 0.2) is 41.2 Å². The highest BCUT2D eigenvalue weighted by atomic mass is 16.1. The van der Waals surface area contributed by atoms with Crippen molar-refractivity contribution in [2.45, 2.75) is 40.0 Å². The fourth-order valence-corrected chi connectivity index (χ4v) is 3.76. The summed E-state index contributed by atoms with van der Waals surface area (Å²) in [6.07, 6.45) is 3.49. The molecule has 0 amide bonds. The number of fused-ring (bicyclic) bond motifs is 2. The molecule has 4 aromatic rings. The molecule has 0 bridgehead atoms. The zero-order valence-electron chi connectivity index (χ0n) is 13.9. The maximum Gasteiger partial charge on any atom is 0.263 e.